The number of fused-ring (bicyclic) bond motifs is 1. The van der Waals surface area contributed by atoms with Gasteiger partial charge >= 0.3 is 0 Å². The molecule has 3 rings (SSSR count). The number of rotatable bonds is 3. The number of hydrazine groups is 1. The molecule has 0 atom stereocenters. The minimum Gasteiger partial charge on any atom is -0.491 e. The molecule has 0 aliphatic carbocycles. The molecule has 0 aromatic carbocycles. The highest BCUT2D eigenvalue weighted by Gasteiger charge is 2.23. The maximum Gasteiger partial charge on any atom is 0.256 e. The zero-order valence-corrected chi connectivity index (χ0v) is 10.9. The van der Waals surface area contributed by atoms with E-state index in [1.165, 1.54) is 0 Å². The lowest BCUT2D eigenvalue weighted by Crippen LogP contribution is -2.33. The van der Waals surface area contributed by atoms with Gasteiger partial charge in [0, 0.05) is 12.3 Å². The van der Waals surface area contributed by atoms with E-state index in [1.807, 2.05) is 24.4 Å². The lowest BCUT2D eigenvalue weighted by Gasteiger charge is -2.31. The van der Waals surface area contributed by atoms with Gasteiger partial charge in [-0.25, -0.2) is 4.98 Å². The molecule has 0 bridgehead atoms. The maximum atomic E-state index is 5.29. The Morgan fingerprint density at radius 2 is 2.11 bits per heavy atom. The van der Waals surface area contributed by atoms with E-state index in [0.717, 1.165) is 17.9 Å². The zero-order valence-electron chi connectivity index (χ0n) is 10.9. The average molecular weight is 257 g/mol. The Morgan fingerprint density at radius 1 is 1.21 bits per heavy atom. The monoisotopic (exact) mass is 257 g/mol. The van der Waals surface area contributed by atoms with Crippen LogP contribution in [-0.2, 0) is 0 Å². The van der Waals surface area contributed by atoms with E-state index < -0.39 is 0 Å². The van der Waals surface area contributed by atoms with Crippen molar-refractivity contribution in [2.75, 3.05) is 25.8 Å². The van der Waals surface area contributed by atoms with Crippen molar-refractivity contribution in [2.24, 2.45) is 0 Å². The molecule has 0 amide bonds. The van der Waals surface area contributed by atoms with Gasteiger partial charge in [-0.1, -0.05) is 6.08 Å². The van der Waals surface area contributed by atoms with Crippen molar-refractivity contribution in [3.8, 4) is 11.6 Å². The molecule has 2 aliphatic rings. The molecule has 0 saturated heterocycles. The second kappa shape index (κ2) is 4.68. The number of allylic oxidation sites excluding steroid dienone is 3. The van der Waals surface area contributed by atoms with Gasteiger partial charge in [-0.3, -0.25) is 10.0 Å². The third-order valence-corrected chi connectivity index (χ3v) is 3.12. The third kappa shape index (κ3) is 1.93. The van der Waals surface area contributed by atoms with E-state index >= 15 is 0 Å². The molecule has 0 spiro atoms. The molecule has 0 saturated carbocycles. The molecule has 1 aromatic heterocycles. The first-order valence-electron chi connectivity index (χ1n) is 6.03. The molecule has 2 aliphatic heterocycles. The first kappa shape index (κ1) is 11.6. The molecule has 19 heavy (non-hydrogen) atoms. The second-order valence-corrected chi connectivity index (χ2v) is 4.16. The lowest BCUT2D eigenvalue weighted by atomic mass is 10.3. The van der Waals surface area contributed by atoms with Crippen LogP contribution in [0.1, 0.15) is 0 Å². The Balaban J connectivity index is 1.92. The summed E-state index contributed by atoms with van der Waals surface area (Å²) in [5.41, 5.74) is 2.13. The minimum absolute atomic E-state index is 0.493. The summed E-state index contributed by atoms with van der Waals surface area (Å²) < 4.78 is 10.4. The quantitative estimate of drug-likeness (QED) is 0.829. The fraction of sp³-hybridized carbons (Fsp3) is 0.214. The fourth-order valence-electron chi connectivity index (χ4n) is 2.19. The van der Waals surface area contributed by atoms with Crippen LogP contribution in [0.4, 0.5) is 5.69 Å². The minimum atomic E-state index is 0.493. The van der Waals surface area contributed by atoms with Crippen molar-refractivity contribution in [3.63, 3.8) is 0 Å². The van der Waals surface area contributed by atoms with Crippen LogP contribution >= 0.6 is 0 Å². The molecule has 0 N–H and O–H groups in total. The van der Waals surface area contributed by atoms with Gasteiger partial charge in [0.25, 0.3) is 5.88 Å². The summed E-state index contributed by atoms with van der Waals surface area (Å²) in [5.74, 6) is 1.12. The number of hydrogen-bond donors (Lipinski definition) is 0. The smallest absolute Gasteiger partial charge is 0.256 e. The number of aromatic nitrogens is 1. The van der Waals surface area contributed by atoms with Gasteiger partial charge in [0.2, 0.25) is 0 Å². The Morgan fingerprint density at radius 3 is 2.89 bits per heavy atom. The maximum absolute atomic E-state index is 5.29. The van der Waals surface area contributed by atoms with Gasteiger partial charge in [0.05, 0.1) is 38.3 Å². The Bertz CT molecular complexity index is 578. The summed E-state index contributed by atoms with van der Waals surface area (Å²) in [6.45, 7) is 0.807. The van der Waals surface area contributed by atoms with Crippen molar-refractivity contribution >= 4 is 5.69 Å². The van der Waals surface area contributed by atoms with Crippen LogP contribution in [0.25, 0.3) is 0 Å². The molecule has 5 heteroatoms. The highest BCUT2D eigenvalue weighted by Crippen LogP contribution is 2.32. The molecule has 0 fully saturated rings. The third-order valence-electron chi connectivity index (χ3n) is 3.12. The van der Waals surface area contributed by atoms with Gasteiger partial charge in [0.1, 0.15) is 0 Å². The Labute approximate surface area is 112 Å². The van der Waals surface area contributed by atoms with Gasteiger partial charge in [-0.2, -0.15) is 0 Å². The van der Waals surface area contributed by atoms with Crippen LogP contribution in [0, 0.1) is 0 Å². The van der Waals surface area contributed by atoms with E-state index in [1.54, 1.807) is 20.4 Å². The summed E-state index contributed by atoms with van der Waals surface area (Å²) >= 11 is 0. The number of ether oxygens (including phenoxy) is 2. The van der Waals surface area contributed by atoms with Crippen LogP contribution in [0.3, 0.4) is 0 Å². The predicted octanol–water partition coefficient (Wildman–Crippen LogP) is 2.10. The number of methoxy groups -OCH3 is 2. The topological polar surface area (TPSA) is 37.8 Å². The molecular formula is C14H15N3O2. The molecule has 0 radical (unpaired) electrons. The number of anilines is 1. The van der Waals surface area contributed by atoms with E-state index in [9.17, 15) is 0 Å². The first-order valence-corrected chi connectivity index (χ1v) is 6.03. The van der Waals surface area contributed by atoms with Crippen LogP contribution in [0.5, 0.6) is 11.6 Å². The molecular weight excluding hydrogens is 242 g/mol. The SMILES string of the molecule is COc1cc(N2CC=C3C=CC=CN32)cnc1OC. The average Bonchev–Trinajstić information content (AvgIpc) is 2.90. The van der Waals surface area contributed by atoms with Crippen molar-refractivity contribution in [1.29, 1.82) is 0 Å². The van der Waals surface area contributed by atoms with E-state index in [4.69, 9.17) is 9.47 Å². The highest BCUT2D eigenvalue weighted by atomic mass is 16.5. The number of pyridine rings is 1. The lowest BCUT2D eigenvalue weighted by molar-refractivity contribution is 0.342. The predicted molar refractivity (Wildman–Crippen MR) is 72.9 cm³/mol. The molecule has 0 unspecified atom stereocenters. The standard InChI is InChI=1S/C14H15N3O2/c1-18-13-9-12(10-15-14(13)19-2)17-8-6-11-5-3-4-7-16(11)17/h3-7,9-10H,8H2,1-2H3. The van der Waals surface area contributed by atoms with Gasteiger partial charge in [0.15, 0.2) is 5.75 Å². The summed E-state index contributed by atoms with van der Waals surface area (Å²) in [5, 5.41) is 4.20. The summed E-state index contributed by atoms with van der Waals surface area (Å²) in [7, 11) is 3.19. The highest BCUT2D eigenvalue weighted by molar-refractivity contribution is 5.55. The normalized spacial score (nSPS) is 16.4. The zero-order chi connectivity index (χ0) is 13.2. The van der Waals surface area contributed by atoms with Gasteiger partial charge in [-0.05, 0) is 18.2 Å². The molecule has 5 nitrogen and oxygen atoms in total. The number of nitrogens with zero attached hydrogens (tertiary/aromatic N) is 3. The Hall–Kier alpha value is -2.43. The van der Waals surface area contributed by atoms with E-state index in [2.05, 4.69) is 27.2 Å². The first-order chi connectivity index (χ1) is 9.33. The molecule has 1 aromatic rings. The van der Waals surface area contributed by atoms with E-state index in [0.29, 0.717) is 11.6 Å². The van der Waals surface area contributed by atoms with E-state index in [-0.39, 0.29) is 0 Å². The van der Waals surface area contributed by atoms with Crippen LogP contribution in [0.15, 0.2) is 48.5 Å². The van der Waals surface area contributed by atoms with Crippen molar-refractivity contribution < 1.29 is 9.47 Å². The van der Waals surface area contributed by atoms with Gasteiger partial charge < -0.3 is 9.47 Å². The molecule has 3 heterocycles. The molecule has 98 valence electrons. The fourth-order valence-corrected chi connectivity index (χ4v) is 2.19. The van der Waals surface area contributed by atoms with Gasteiger partial charge in [-0.15, -0.1) is 0 Å². The van der Waals surface area contributed by atoms with Crippen LogP contribution in [-0.4, -0.2) is 30.8 Å². The largest absolute Gasteiger partial charge is 0.491 e. The summed E-state index contributed by atoms with van der Waals surface area (Å²) in [4.78, 5) is 4.27. The number of hydrogen-bond acceptors (Lipinski definition) is 5. The second-order valence-electron chi connectivity index (χ2n) is 4.16. The van der Waals surface area contributed by atoms with Crippen molar-refractivity contribution in [2.45, 2.75) is 0 Å². The van der Waals surface area contributed by atoms with Crippen LogP contribution in [0.2, 0.25) is 0 Å². The summed E-state index contributed by atoms with van der Waals surface area (Å²) in [6, 6.07) is 1.93. The summed E-state index contributed by atoms with van der Waals surface area (Å²) in [6.07, 6.45) is 12.1. The van der Waals surface area contributed by atoms with Crippen molar-refractivity contribution in [1.82, 2.24) is 9.99 Å². The Kier molecular flexibility index (Phi) is 2.87. The van der Waals surface area contributed by atoms with Crippen LogP contribution < -0.4 is 14.5 Å². The van der Waals surface area contributed by atoms with Crippen molar-refractivity contribution in [3.05, 3.63) is 48.5 Å².